The Balaban J connectivity index is 1.36. The van der Waals surface area contributed by atoms with Gasteiger partial charge in [-0.05, 0) is 31.2 Å². The van der Waals surface area contributed by atoms with Crippen LogP contribution in [0.3, 0.4) is 0 Å². The van der Waals surface area contributed by atoms with E-state index < -0.39 is 4.92 Å². The lowest BCUT2D eigenvalue weighted by molar-refractivity contribution is -0.385. The van der Waals surface area contributed by atoms with Crippen LogP contribution < -0.4 is 5.32 Å². The van der Waals surface area contributed by atoms with Crippen molar-refractivity contribution in [3.8, 4) is 11.5 Å². The molecular weight excluding hydrogens is 484 g/mol. The molecule has 0 aliphatic rings. The summed E-state index contributed by atoms with van der Waals surface area (Å²) >= 11 is 9.57. The predicted octanol–water partition coefficient (Wildman–Crippen LogP) is 5.06. The maximum absolute atomic E-state index is 12.1. The summed E-state index contributed by atoms with van der Waals surface area (Å²) in [5, 5.41) is 30.0. The number of nitrogens with one attached hydrogen (secondary N) is 1. The second-order valence-corrected chi connectivity index (χ2v) is 9.89. The van der Waals surface area contributed by atoms with Gasteiger partial charge < -0.3 is 4.42 Å². The largest absolute Gasteiger partial charge is 0.420 e. The smallest absolute Gasteiger partial charge is 0.272 e. The standard InChI is InChI=1S/C17H11ClN6O4S3/c1-8-6-9(2-3-10(8)24(26)27)15-21-20-13(28-15)7-29-17-23-22-16(31-17)19-14(25)11-4-5-12(18)30-11/h2-6H,7H2,1H3,(H,19,22,25). The number of anilines is 1. The fourth-order valence-corrected chi connectivity index (χ4v) is 4.98. The quantitative estimate of drug-likeness (QED) is 0.161. The minimum absolute atomic E-state index is 0.0281. The van der Waals surface area contributed by atoms with Gasteiger partial charge in [0, 0.05) is 17.2 Å². The second-order valence-electron chi connectivity index (χ2n) is 5.98. The highest BCUT2D eigenvalue weighted by Crippen LogP contribution is 2.30. The Kier molecular flexibility index (Phi) is 6.27. The molecule has 0 atom stereocenters. The number of nitro benzene ring substituents is 1. The summed E-state index contributed by atoms with van der Waals surface area (Å²) in [5.74, 6) is 0.685. The summed E-state index contributed by atoms with van der Waals surface area (Å²) in [4.78, 5) is 23.1. The molecule has 1 N–H and O–H groups in total. The molecule has 31 heavy (non-hydrogen) atoms. The van der Waals surface area contributed by atoms with E-state index in [0.717, 1.165) is 0 Å². The van der Waals surface area contributed by atoms with Crippen molar-refractivity contribution < 1.29 is 14.1 Å². The van der Waals surface area contributed by atoms with E-state index in [1.54, 1.807) is 31.2 Å². The van der Waals surface area contributed by atoms with Crippen molar-refractivity contribution >= 4 is 62.8 Å². The minimum atomic E-state index is -0.441. The van der Waals surface area contributed by atoms with Gasteiger partial charge in [0.15, 0.2) is 4.34 Å². The van der Waals surface area contributed by atoms with Crippen molar-refractivity contribution in [1.29, 1.82) is 0 Å². The van der Waals surface area contributed by atoms with Crippen molar-refractivity contribution in [2.45, 2.75) is 17.0 Å². The van der Waals surface area contributed by atoms with Crippen molar-refractivity contribution in [3.05, 3.63) is 61.1 Å². The number of carbonyl (C=O) groups is 1. The van der Waals surface area contributed by atoms with Crippen LogP contribution in [-0.2, 0) is 5.75 Å². The van der Waals surface area contributed by atoms with Crippen molar-refractivity contribution in [2.75, 3.05) is 5.32 Å². The normalized spacial score (nSPS) is 10.9. The van der Waals surface area contributed by atoms with Crippen LogP contribution in [0.4, 0.5) is 10.8 Å². The number of nitrogens with zero attached hydrogens (tertiary/aromatic N) is 5. The summed E-state index contributed by atoms with van der Waals surface area (Å²) in [5.41, 5.74) is 1.13. The third kappa shape index (κ3) is 5.07. The van der Waals surface area contributed by atoms with E-state index in [0.29, 0.717) is 41.5 Å². The molecule has 0 aliphatic carbocycles. The molecule has 3 aromatic heterocycles. The van der Waals surface area contributed by atoms with E-state index in [1.165, 1.54) is 40.5 Å². The third-order valence-corrected chi connectivity index (χ3v) is 7.04. The molecule has 158 valence electrons. The second kappa shape index (κ2) is 9.09. The number of thiophene rings is 1. The molecule has 0 spiro atoms. The zero-order valence-corrected chi connectivity index (χ0v) is 18.8. The van der Waals surface area contributed by atoms with Crippen molar-refractivity contribution in [3.63, 3.8) is 0 Å². The van der Waals surface area contributed by atoms with Crippen LogP contribution in [-0.4, -0.2) is 31.2 Å². The van der Waals surface area contributed by atoms with Gasteiger partial charge in [-0.25, -0.2) is 0 Å². The Morgan fingerprint density at radius 3 is 2.77 bits per heavy atom. The van der Waals surface area contributed by atoms with Crippen LogP contribution in [0.15, 0.2) is 39.1 Å². The van der Waals surface area contributed by atoms with Gasteiger partial charge in [-0.15, -0.1) is 31.7 Å². The molecule has 4 aromatic rings. The van der Waals surface area contributed by atoms with Gasteiger partial charge in [0.25, 0.3) is 11.6 Å². The Labute approximate surface area is 191 Å². The van der Waals surface area contributed by atoms with Crippen LogP contribution in [0.25, 0.3) is 11.5 Å². The van der Waals surface area contributed by atoms with E-state index in [-0.39, 0.29) is 17.5 Å². The van der Waals surface area contributed by atoms with Gasteiger partial charge >= 0.3 is 0 Å². The van der Waals surface area contributed by atoms with Crippen LogP contribution in [0.2, 0.25) is 4.34 Å². The van der Waals surface area contributed by atoms with E-state index in [9.17, 15) is 14.9 Å². The van der Waals surface area contributed by atoms with Gasteiger partial charge in [0.2, 0.25) is 16.9 Å². The molecule has 3 heterocycles. The highest BCUT2D eigenvalue weighted by atomic mass is 35.5. The van der Waals surface area contributed by atoms with Gasteiger partial charge in [-0.2, -0.15) is 0 Å². The summed E-state index contributed by atoms with van der Waals surface area (Å²) in [7, 11) is 0. The maximum Gasteiger partial charge on any atom is 0.272 e. The molecule has 10 nitrogen and oxygen atoms in total. The first-order valence-corrected chi connectivity index (χ1v) is 11.5. The number of thioether (sulfide) groups is 1. The van der Waals surface area contributed by atoms with Crippen LogP contribution in [0.5, 0.6) is 0 Å². The highest BCUT2D eigenvalue weighted by molar-refractivity contribution is 8.00. The van der Waals surface area contributed by atoms with Crippen LogP contribution in [0.1, 0.15) is 21.1 Å². The number of aromatic nitrogens is 4. The number of carbonyl (C=O) groups excluding carboxylic acids is 1. The lowest BCUT2D eigenvalue weighted by atomic mass is 10.1. The Bertz CT molecular complexity index is 1270. The zero-order chi connectivity index (χ0) is 22.0. The van der Waals surface area contributed by atoms with E-state index >= 15 is 0 Å². The topological polar surface area (TPSA) is 137 Å². The Morgan fingerprint density at radius 1 is 1.23 bits per heavy atom. The number of benzene rings is 1. The summed E-state index contributed by atoms with van der Waals surface area (Å²) in [6.07, 6.45) is 0. The summed E-state index contributed by atoms with van der Waals surface area (Å²) in [6, 6.07) is 7.89. The SMILES string of the molecule is Cc1cc(-c2nnc(CSc3nnc(NC(=O)c4ccc(Cl)s4)s3)o2)ccc1[N+](=O)[O-]. The third-order valence-electron chi connectivity index (χ3n) is 3.85. The van der Waals surface area contributed by atoms with Gasteiger partial charge in [0.1, 0.15) is 0 Å². The molecule has 0 saturated carbocycles. The van der Waals surface area contributed by atoms with Gasteiger partial charge in [-0.1, -0.05) is 34.7 Å². The fraction of sp³-hybridized carbons (Fsp3) is 0.118. The first-order valence-electron chi connectivity index (χ1n) is 8.50. The number of amides is 1. The van der Waals surface area contributed by atoms with Gasteiger partial charge in [0.05, 0.1) is 19.9 Å². The van der Waals surface area contributed by atoms with Crippen molar-refractivity contribution in [1.82, 2.24) is 20.4 Å². The summed E-state index contributed by atoms with van der Waals surface area (Å²) in [6.45, 7) is 1.65. The Morgan fingerprint density at radius 2 is 2.06 bits per heavy atom. The number of hydrogen-bond donors (Lipinski definition) is 1. The van der Waals surface area contributed by atoms with Gasteiger partial charge in [-0.3, -0.25) is 20.2 Å². The minimum Gasteiger partial charge on any atom is -0.420 e. The van der Waals surface area contributed by atoms with Crippen molar-refractivity contribution in [2.24, 2.45) is 0 Å². The molecule has 14 heteroatoms. The average Bonchev–Trinajstić information content (AvgIpc) is 3.47. The predicted molar refractivity (Wildman–Crippen MR) is 118 cm³/mol. The molecule has 0 radical (unpaired) electrons. The number of hydrogen-bond acceptors (Lipinski definition) is 11. The maximum atomic E-state index is 12.1. The van der Waals surface area contributed by atoms with Crippen LogP contribution >= 0.6 is 46.0 Å². The highest BCUT2D eigenvalue weighted by Gasteiger charge is 2.16. The Hall–Kier alpha value is -2.87. The zero-order valence-electron chi connectivity index (χ0n) is 15.6. The molecular formula is C17H11ClN6O4S3. The average molecular weight is 495 g/mol. The number of aryl methyl sites for hydroxylation is 1. The summed E-state index contributed by atoms with van der Waals surface area (Å²) < 4.78 is 6.79. The molecule has 4 rings (SSSR count). The lowest BCUT2D eigenvalue weighted by Crippen LogP contribution is -2.09. The number of nitro groups is 1. The number of rotatable bonds is 7. The number of halogens is 1. The molecule has 0 bridgehead atoms. The van der Waals surface area contributed by atoms with Crippen LogP contribution in [0, 0.1) is 17.0 Å². The molecule has 1 amide bonds. The first kappa shape index (κ1) is 21.4. The monoisotopic (exact) mass is 494 g/mol. The molecule has 0 unspecified atom stereocenters. The molecule has 0 aliphatic heterocycles. The van der Waals surface area contributed by atoms with E-state index in [2.05, 4.69) is 25.7 Å². The molecule has 1 aromatic carbocycles. The molecule has 0 saturated heterocycles. The lowest BCUT2D eigenvalue weighted by Gasteiger charge is -1.99. The van der Waals surface area contributed by atoms with E-state index in [1.807, 2.05) is 0 Å². The fourth-order valence-electron chi connectivity index (χ4n) is 2.46. The molecule has 0 fully saturated rings. The first-order chi connectivity index (χ1) is 14.9. The van der Waals surface area contributed by atoms with E-state index in [4.69, 9.17) is 16.0 Å².